The van der Waals surface area contributed by atoms with E-state index in [1.54, 1.807) is 26.1 Å². The van der Waals surface area contributed by atoms with E-state index in [0.717, 1.165) is 15.3 Å². The largest absolute Gasteiger partial charge is 0.326 e. The third-order valence-corrected chi connectivity index (χ3v) is 6.24. The van der Waals surface area contributed by atoms with Crippen molar-refractivity contribution in [2.75, 3.05) is 11.4 Å². The maximum Gasteiger partial charge on any atom is 0.265 e. The van der Waals surface area contributed by atoms with E-state index in [2.05, 4.69) is 0 Å². The molecule has 0 saturated carbocycles. The first-order valence-corrected chi connectivity index (χ1v) is 8.47. The van der Waals surface area contributed by atoms with Crippen LogP contribution in [0.3, 0.4) is 0 Å². The molecule has 0 bridgehead atoms. The molecule has 1 aromatic carbocycles. The second-order valence-corrected chi connectivity index (χ2v) is 7.93. The van der Waals surface area contributed by atoms with Crippen LogP contribution in [0.15, 0.2) is 35.2 Å². The number of rotatable bonds is 4. The molecule has 0 saturated heterocycles. The highest BCUT2D eigenvalue weighted by Gasteiger charge is 2.25. The fourth-order valence-corrected chi connectivity index (χ4v) is 4.66. The first-order valence-electron chi connectivity index (χ1n) is 6.21. The Bertz CT molecular complexity index is 721. The maximum atomic E-state index is 12.7. The zero-order valence-corrected chi connectivity index (χ0v) is 13.4. The summed E-state index contributed by atoms with van der Waals surface area (Å²) in [6.07, 6.45) is 0. The minimum atomic E-state index is -3.54. The first kappa shape index (κ1) is 15.0. The Hall–Kier alpha value is -1.37. The summed E-state index contributed by atoms with van der Waals surface area (Å²) in [5, 5.41) is 0. The molecule has 2 rings (SSSR count). The standard InChI is InChI=1S/C14H18N2O2S2/c1-10-5-4-6-12(7-10)16(3)20(17,18)14-8-13(9-15)19-11(14)2/h4-8H,9,15H2,1-3H3. The molecular formula is C14H18N2O2S2. The molecule has 0 radical (unpaired) electrons. The third kappa shape index (κ3) is 2.72. The summed E-state index contributed by atoms with van der Waals surface area (Å²) in [5.74, 6) is 0. The molecule has 20 heavy (non-hydrogen) atoms. The van der Waals surface area contributed by atoms with E-state index in [4.69, 9.17) is 5.73 Å². The summed E-state index contributed by atoms with van der Waals surface area (Å²) in [4.78, 5) is 1.98. The van der Waals surface area contributed by atoms with E-state index in [1.165, 1.54) is 15.6 Å². The molecule has 4 nitrogen and oxygen atoms in total. The highest BCUT2D eigenvalue weighted by Crippen LogP contribution is 2.30. The molecule has 6 heteroatoms. The van der Waals surface area contributed by atoms with E-state index < -0.39 is 10.0 Å². The molecule has 2 aromatic rings. The number of aryl methyl sites for hydroxylation is 2. The molecule has 0 amide bonds. The molecule has 0 atom stereocenters. The Kier molecular flexibility index (Phi) is 4.17. The molecule has 0 fully saturated rings. The van der Waals surface area contributed by atoms with Gasteiger partial charge in [-0.25, -0.2) is 8.42 Å². The van der Waals surface area contributed by atoms with Gasteiger partial charge in [0.05, 0.1) is 5.69 Å². The first-order chi connectivity index (χ1) is 9.36. The fourth-order valence-electron chi connectivity index (χ4n) is 1.99. The lowest BCUT2D eigenvalue weighted by molar-refractivity contribution is 0.594. The average Bonchev–Trinajstić information content (AvgIpc) is 2.80. The summed E-state index contributed by atoms with van der Waals surface area (Å²) in [5.41, 5.74) is 7.26. The van der Waals surface area contributed by atoms with Gasteiger partial charge in [0, 0.05) is 23.3 Å². The summed E-state index contributed by atoms with van der Waals surface area (Å²) < 4.78 is 26.7. The predicted octanol–water partition coefficient (Wildman–Crippen LogP) is 2.65. The second-order valence-electron chi connectivity index (χ2n) is 4.65. The van der Waals surface area contributed by atoms with Gasteiger partial charge in [0.1, 0.15) is 4.90 Å². The van der Waals surface area contributed by atoms with Gasteiger partial charge in [-0.1, -0.05) is 12.1 Å². The monoisotopic (exact) mass is 310 g/mol. The van der Waals surface area contributed by atoms with Crippen molar-refractivity contribution in [3.05, 3.63) is 45.6 Å². The number of hydrogen-bond donors (Lipinski definition) is 1. The predicted molar refractivity (Wildman–Crippen MR) is 83.7 cm³/mol. The molecule has 1 aromatic heterocycles. The van der Waals surface area contributed by atoms with Gasteiger partial charge in [-0.15, -0.1) is 11.3 Å². The molecule has 0 aliphatic rings. The Morgan fingerprint density at radius 2 is 1.95 bits per heavy atom. The van der Waals surface area contributed by atoms with Crippen LogP contribution in [0.2, 0.25) is 0 Å². The van der Waals surface area contributed by atoms with E-state index >= 15 is 0 Å². The molecule has 108 valence electrons. The van der Waals surface area contributed by atoms with Crippen molar-refractivity contribution in [3.63, 3.8) is 0 Å². The van der Waals surface area contributed by atoms with E-state index in [-0.39, 0.29) is 0 Å². The number of nitrogens with zero attached hydrogens (tertiary/aromatic N) is 1. The topological polar surface area (TPSA) is 63.4 Å². The number of anilines is 1. The summed E-state index contributed by atoms with van der Waals surface area (Å²) in [6.45, 7) is 4.10. The van der Waals surface area contributed by atoms with Crippen molar-refractivity contribution in [1.82, 2.24) is 0 Å². The van der Waals surface area contributed by atoms with Crippen molar-refractivity contribution >= 4 is 27.0 Å². The Balaban J connectivity index is 2.46. The van der Waals surface area contributed by atoms with Crippen molar-refractivity contribution < 1.29 is 8.42 Å². The lowest BCUT2D eigenvalue weighted by Crippen LogP contribution is -2.26. The van der Waals surface area contributed by atoms with Crippen LogP contribution in [-0.2, 0) is 16.6 Å². The number of nitrogens with two attached hydrogens (primary N) is 1. The van der Waals surface area contributed by atoms with Crippen LogP contribution in [0.4, 0.5) is 5.69 Å². The van der Waals surface area contributed by atoms with Gasteiger partial charge >= 0.3 is 0 Å². The Morgan fingerprint density at radius 3 is 2.50 bits per heavy atom. The zero-order valence-electron chi connectivity index (χ0n) is 11.8. The van der Waals surface area contributed by atoms with Gasteiger partial charge in [0.2, 0.25) is 0 Å². The lowest BCUT2D eigenvalue weighted by atomic mass is 10.2. The number of sulfonamides is 1. The van der Waals surface area contributed by atoms with Crippen LogP contribution < -0.4 is 10.0 Å². The number of hydrogen-bond acceptors (Lipinski definition) is 4. The smallest absolute Gasteiger partial charge is 0.265 e. The van der Waals surface area contributed by atoms with Gasteiger partial charge in [-0.05, 0) is 37.6 Å². The minimum absolute atomic E-state index is 0.340. The van der Waals surface area contributed by atoms with Crippen molar-refractivity contribution in [3.8, 4) is 0 Å². The minimum Gasteiger partial charge on any atom is -0.326 e. The van der Waals surface area contributed by atoms with Gasteiger partial charge in [-0.3, -0.25) is 4.31 Å². The van der Waals surface area contributed by atoms with Gasteiger partial charge in [-0.2, -0.15) is 0 Å². The molecular weight excluding hydrogens is 292 g/mol. The lowest BCUT2D eigenvalue weighted by Gasteiger charge is -2.19. The van der Waals surface area contributed by atoms with Crippen molar-refractivity contribution in [2.24, 2.45) is 5.73 Å². The summed E-state index contributed by atoms with van der Waals surface area (Å²) in [6, 6.07) is 9.09. The van der Waals surface area contributed by atoms with Crippen LogP contribution in [0.1, 0.15) is 15.3 Å². The van der Waals surface area contributed by atoms with Crippen molar-refractivity contribution in [2.45, 2.75) is 25.3 Å². The zero-order chi connectivity index (χ0) is 14.9. The van der Waals surface area contributed by atoms with Crippen LogP contribution in [0.5, 0.6) is 0 Å². The molecule has 0 aliphatic heterocycles. The van der Waals surface area contributed by atoms with Gasteiger partial charge in [0.25, 0.3) is 10.0 Å². The highest BCUT2D eigenvalue weighted by molar-refractivity contribution is 7.93. The molecule has 2 N–H and O–H groups in total. The molecule has 1 heterocycles. The number of thiophene rings is 1. The average molecular weight is 310 g/mol. The third-order valence-electron chi connectivity index (χ3n) is 3.13. The van der Waals surface area contributed by atoms with Crippen molar-refractivity contribution in [1.29, 1.82) is 0 Å². The number of benzene rings is 1. The van der Waals surface area contributed by atoms with E-state index in [9.17, 15) is 8.42 Å². The summed E-state index contributed by atoms with van der Waals surface area (Å²) in [7, 11) is -1.97. The molecule has 0 unspecified atom stereocenters. The molecule has 0 spiro atoms. The van der Waals surface area contributed by atoms with E-state index in [1.807, 2.05) is 25.1 Å². The van der Waals surface area contributed by atoms with E-state index in [0.29, 0.717) is 17.1 Å². The highest BCUT2D eigenvalue weighted by atomic mass is 32.2. The normalized spacial score (nSPS) is 11.6. The molecule has 0 aliphatic carbocycles. The van der Waals surface area contributed by atoms with Gasteiger partial charge < -0.3 is 5.73 Å². The van der Waals surface area contributed by atoms with Gasteiger partial charge in [0.15, 0.2) is 0 Å². The van der Waals surface area contributed by atoms with Crippen LogP contribution in [0, 0.1) is 13.8 Å². The second kappa shape index (κ2) is 5.55. The fraction of sp³-hybridized carbons (Fsp3) is 0.286. The Labute approximate surface area is 123 Å². The summed E-state index contributed by atoms with van der Waals surface area (Å²) >= 11 is 1.43. The SMILES string of the molecule is Cc1cccc(N(C)S(=O)(=O)c2cc(CN)sc2C)c1. The maximum absolute atomic E-state index is 12.7. The Morgan fingerprint density at radius 1 is 1.25 bits per heavy atom. The van der Waals surface area contributed by atoms with Crippen LogP contribution in [0.25, 0.3) is 0 Å². The quantitative estimate of drug-likeness (QED) is 0.944. The van der Waals surface area contributed by atoms with Crippen LogP contribution in [-0.4, -0.2) is 15.5 Å². The van der Waals surface area contributed by atoms with Crippen LogP contribution >= 0.6 is 11.3 Å².